The quantitative estimate of drug-likeness (QED) is 0.755. The van der Waals surface area contributed by atoms with Crippen molar-refractivity contribution in [2.75, 3.05) is 0 Å². The summed E-state index contributed by atoms with van der Waals surface area (Å²) in [6, 6.07) is 12.4. The lowest BCUT2D eigenvalue weighted by atomic mass is 10.3. The molecule has 2 rings (SSSR count). The minimum Gasteiger partial charge on any atom is -0.479 e. The number of ether oxygens (including phenoxy) is 2. The van der Waals surface area contributed by atoms with Crippen molar-refractivity contribution in [3.8, 4) is 11.5 Å². The van der Waals surface area contributed by atoms with E-state index in [4.69, 9.17) is 21.1 Å². The Kier molecular flexibility index (Phi) is 6.80. The van der Waals surface area contributed by atoms with Crippen LogP contribution < -0.4 is 20.3 Å². The van der Waals surface area contributed by atoms with E-state index in [1.54, 1.807) is 30.3 Å². The zero-order valence-corrected chi connectivity index (χ0v) is 14.9. The van der Waals surface area contributed by atoms with Crippen molar-refractivity contribution >= 4 is 23.4 Å². The zero-order valence-electron chi connectivity index (χ0n) is 14.2. The standard InChI is InChI=1S/C18H18ClFN2O4/c1-11(25-15-9-5-3-7-13(15)19)17(23)21-22-18(24)12(2)26-16-10-6-4-8-14(16)20/h3-12H,1-2H3,(H,21,23)(H,22,24). The summed E-state index contributed by atoms with van der Waals surface area (Å²) < 4.78 is 24.2. The van der Waals surface area contributed by atoms with Gasteiger partial charge in [0.1, 0.15) is 5.75 Å². The highest BCUT2D eigenvalue weighted by Crippen LogP contribution is 2.24. The third-order valence-electron chi connectivity index (χ3n) is 3.33. The zero-order chi connectivity index (χ0) is 19.1. The Hall–Kier alpha value is -2.80. The lowest BCUT2D eigenvalue weighted by molar-refractivity contribution is -0.135. The molecule has 0 bridgehead atoms. The fraction of sp³-hybridized carbons (Fsp3) is 0.222. The highest BCUT2D eigenvalue weighted by atomic mass is 35.5. The van der Waals surface area contributed by atoms with E-state index in [0.717, 1.165) is 0 Å². The summed E-state index contributed by atoms with van der Waals surface area (Å²) in [5, 5.41) is 0.364. The number of para-hydroxylation sites is 2. The van der Waals surface area contributed by atoms with Crippen LogP contribution in [0.2, 0.25) is 5.02 Å². The molecule has 0 aromatic heterocycles. The Morgan fingerprint density at radius 1 is 0.885 bits per heavy atom. The van der Waals surface area contributed by atoms with Crippen LogP contribution in [-0.4, -0.2) is 24.0 Å². The summed E-state index contributed by atoms with van der Waals surface area (Å²) in [5.74, 6) is -1.53. The molecular formula is C18H18ClFN2O4. The summed E-state index contributed by atoms with van der Waals surface area (Å²) in [7, 11) is 0. The Morgan fingerprint density at radius 3 is 1.88 bits per heavy atom. The van der Waals surface area contributed by atoms with E-state index in [0.29, 0.717) is 10.8 Å². The third kappa shape index (κ3) is 5.35. The van der Waals surface area contributed by atoms with Gasteiger partial charge in [-0.1, -0.05) is 35.9 Å². The first-order chi connectivity index (χ1) is 12.4. The first-order valence-corrected chi connectivity index (χ1v) is 8.18. The molecule has 0 heterocycles. The van der Waals surface area contributed by atoms with Gasteiger partial charge in [-0.15, -0.1) is 0 Å². The monoisotopic (exact) mass is 380 g/mol. The number of hydrazine groups is 1. The summed E-state index contributed by atoms with van der Waals surface area (Å²) >= 11 is 5.96. The summed E-state index contributed by atoms with van der Waals surface area (Å²) in [5.41, 5.74) is 4.43. The van der Waals surface area contributed by atoms with Crippen molar-refractivity contribution in [2.24, 2.45) is 0 Å². The number of halogens is 2. The Balaban J connectivity index is 1.83. The van der Waals surface area contributed by atoms with Gasteiger partial charge in [-0.2, -0.15) is 0 Å². The van der Waals surface area contributed by atoms with Gasteiger partial charge >= 0.3 is 0 Å². The van der Waals surface area contributed by atoms with Crippen LogP contribution in [0.5, 0.6) is 11.5 Å². The van der Waals surface area contributed by atoms with Crippen LogP contribution in [0, 0.1) is 5.82 Å². The fourth-order valence-corrected chi connectivity index (χ4v) is 2.08. The lowest BCUT2D eigenvalue weighted by Crippen LogP contribution is -2.50. The molecule has 0 saturated heterocycles. The maximum Gasteiger partial charge on any atom is 0.279 e. The van der Waals surface area contributed by atoms with Crippen LogP contribution >= 0.6 is 11.6 Å². The van der Waals surface area contributed by atoms with Crippen molar-refractivity contribution in [1.29, 1.82) is 0 Å². The summed E-state index contributed by atoms with van der Waals surface area (Å²) in [4.78, 5) is 24.0. The van der Waals surface area contributed by atoms with Gasteiger partial charge in [0.15, 0.2) is 23.8 Å². The molecule has 0 spiro atoms. The largest absolute Gasteiger partial charge is 0.479 e. The molecule has 0 aliphatic carbocycles. The highest BCUT2D eigenvalue weighted by Gasteiger charge is 2.20. The fourth-order valence-electron chi connectivity index (χ4n) is 1.90. The number of carbonyl (C=O) groups excluding carboxylic acids is 2. The molecule has 2 N–H and O–H groups in total. The van der Waals surface area contributed by atoms with Crippen LogP contribution in [0.1, 0.15) is 13.8 Å². The number of hydrogen-bond donors (Lipinski definition) is 2. The maximum atomic E-state index is 13.5. The maximum absolute atomic E-state index is 13.5. The lowest BCUT2D eigenvalue weighted by Gasteiger charge is -2.18. The first kappa shape index (κ1) is 19.5. The molecule has 6 nitrogen and oxygen atoms in total. The molecule has 138 valence electrons. The van der Waals surface area contributed by atoms with E-state index >= 15 is 0 Å². The van der Waals surface area contributed by atoms with Crippen molar-refractivity contribution in [2.45, 2.75) is 26.1 Å². The molecule has 0 saturated carbocycles. The van der Waals surface area contributed by atoms with Gasteiger partial charge in [0, 0.05) is 0 Å². The van der Waals surface area contributed by atoms with Gasteiger partial charge in [0.25, 0.3) is 11.8 Å². The number of amides is 2. The molecular weight excluding hydrogens is 363 g/mol. The van der Waals surface area contributed by atoms with Crippen molar-refractivity contribution in [3.63, 3.8) is 0 Å². The Labute approximate surface area is 155 Å². The molecule has 2 aromatic rings. The van der Waals surface area contributed by atoms with Gasteiger partial charge in [-0.25, -0.2) is 4.39 Å². The predicted molar refractivity (Wildman–Crippen MR) is 94.3 cm³/mol. The van der Waals surface area contributed by atoms with Crippen molar-refractivity contribution in [3.05, 3.63) is 59.4 Å². The molecule has 26 heavy (non-hydrogen) atoms. The topological polar surface area (TPSA) is 76.7 Å². The molecule has 2 amide bonds. The molecule has 0 aliphatic rings. The molecule has 2 atom stereocenters. The molecule has 2 unspecified atom stereocenters. The SMILES string of the molecule is CC(Oc1ccccc1F)C(=O)NNC(=O)C(C)Oc1ccccc1Cl. The number of hydrogen-bond acceptors (Lipinski definition) is 4. The van der Waals surface area contributed by atoms with Crippen molar-refractivity contribution < 1.29 is 23.5 Å². The predicted octanol–water partition coefficient (Wildman–Crippen LogP) is 2.86. The van der Waals surface area contributed by atoms with E-state index in [2.05, 4.69) is 10.9 Å². The van der Waals surface area contributed by atoms with Gasteiger partial charge in [-0.3, -0.25) is 20.4 Å². The number of benzene rings is 2. The van der Waals surface area contributed by atoms with Gasteiger partial charge in [0.2, 0.25) is 0 Å². The van der Waals surface area contributed by atoms with E-state index in [1.165, 1.54) is 32.0 Å². The van der Waals surface area contributed by atoms with Gasteiger partial charge in [-0.05, 0) is 38.1 Å². The average molecular weight is 381 g/mol. The first-order valence-electron chi connectivity index (χ1n) is 7.80. The highest BCUT2D eigenvalue weighted by molar-refractivity contribution is 6.32. The second kappa shape index (κ2) is 9.05. The number of rotatable bonds is 6. The second-order valence-electron chi connectivity index (χ2n) is 5.36. The van der Waals surface area contributed by atoms with Crippen LogP contribution in [0.15, 0.2) is 48.5 Å². The minimum atomic E-state index is -1.02. The van der Waals surface area contributed by atoms with E-state index in [-0.39, 0.29) is 5.75 Å². The van der Waals surface area contributed by atoms with E-state index in [1.807, 2.05) is 0 Å². The number of nitrogens with one attached hydrogen (secondary N) is 2. The van der Waals surface area contributed by atoms with Gasteiger partial charge in [0.05, 0.1) is 5.02 Å². The van der Waals surface area contributed by atoms with E-state index < -0.39 is 29.8 Å². The van der Waals surface area contributed by atoms with E-state index in [9.17, 15) is 14.0 Å². The van der Waals surface area contributed by atoms with Crippen LogP contribution in [-0.2, 0) is 9.59 Å². The number of carbonyl (C=O) groups is 2. The molecule has 8 heteroatoms. The summed E-state index contributed by atoms with van der Waals surface area (Å²) in [6.45, 7) is 2.93. The smallest absolute Gasteiger partial charge is 0.279 e. The third-order valence-corrected chi connectivity index (χ3v) is 3.64. The normalized spacial score (nSPS) is 12.6. The van der Waals surface area contributed by atoms with Crippen molar-refractivity contribution in [1.82, 2.24) is 10.9 Å². The van der Waals surface area contributed by atoms with Crippen LogP contribution in [0.25, 0.3) is 0 Å². The second-order valence-corrected chi connectivity index (χ2v) is 5.77. The molecule has 0 aliphatic heterocycles. The summed E-state index contributed by atoms with van der Waals surface area (Å²) in [6.07, 6.45) is -1.93. The minimum absolute atomic E-state index is 0.0584. The molecule has 0 radical (unpaired) electrons. The average Bonchev–Trinajstić information content (AvgIpc) is 2.63. The van der Waals surface area contributed by atoms with Gasteiger partial charge < -0.3 is 9.47 Å². The molecule has 2 aromatic carbocycles. The molecule has 0 fully saturated rings. The Bertz CT molecular complexity index is 722. The Morgan fingerprint density at radius 2 is 1.35 bits per heavy atom. The van der Waals surface area contributed by atoms with Crippen LogP contribution in [0.3, 0.4) is 0 Å². The van der Waals surface area contributed by atoms with Crippen LogP contribution in [0.4, 0.5) is 4.39 Å².